The number of hydrogen-bond acceptors (Lipinski definition) is 6. The second-order valence-electron chi connectivity index (χ2n) is 9.20. The topological polar surface area (TPSA) is 134 Å². The van der Waals surface area contributed by atoms with E-state index in [9.17, 15) is 16.8 Å². The molecule has 0 saturated carbocycles. The average molecular weight is 609 g/mol. The van der Waals surface area contributed by atoms with Gasteiger partial charge in [0, 0.05) is 22.5 Å². The number of primary sulfonamides is 1. The van der Waals surface area contributed by atoms with Gasteiger partial charge in [-0.15, -0.1) is 0 Å². The molecule has 1 aliphatic heterocycles. The monoisotopic (exact) mass is 607 g/mol. The van der Waals surface area contributed by atoms with Crippen molar-refractivity contribution < 1.29 is 16.8 Å². The van der Waals surface area contributed by atoms with Crippen molar-refractivity contribution in [1.29, 1.82) is 0 Å². The molecular formula is C26H27Cl2N5O4S2. The summed E-state index contributed by atoms with van der Waals surface area (Å²) in [6.45, 7) is 1.94. The number of hydrazone groups is 1. The third-order valence-electron chi connectivity index (χ3n) is 5.92. The van der Waals surface area contributed by atoms with Gasteiger partial charge in [0.1, 0.15) is 0 Å². The summed E-state index contributed by atoms with van der Waals surface area (Å²) in [4.78, 5) is 4.45. The lowest BCUT2D eigenvalue weighted by molar-refractivity contribution is 0.458. The Hall–Kier alpha value is -2.96. The molecule has 39 heavy (non-hydrogen) atoms. The van der Waals surface area contributed by atoms with E-state index in [1.165, 1.54) is 29.3 Å². The van der Waals surface area contributed by atoms with Gasteiger partial charge in [-0.05, 0) is 53.4 Å². The van der Waals surface area contributed by atoms with Crippen LogP contribution in [0.15, 0.2) is 93.9 Å². The zero-order valence-corrected chi connectivity index (χ0v) is 24.1. The number of nitrogens with one attached hydrogen (secondary N) is 1. The van der Waals surface area contributed by atoms with Gasteiger partial charge >= 0.3 is 0 Å². The maximum absolute atomic E-state index is 13.3. The standard InChI is InChI=1S/C26H27Cl2N5O4S2/c1-18(17-38(29,34)35)15-30-26(32-39(36,37)23-13-11-22(28)12-14-23)33-16-24(19-5-3-2-4-6-19)25(31-33)20-7-9-21(27)10-8-20/h2-14,18,24H,15-17H2,1H3,(H,30,32)(H2,29,34,35)/t18-,24-/m1/s1. The number of halogens is 2. The summed E-state index contributed by atoms with van der Waals surface area (Å²) >= 11 is 12.0. The quantitative estimate of drug-likeness (QED) is 0.294. The van der Waals surface area contributed by atoms with Crippen LogP contribution in [0.4, 0.5) is 0 Å². The van der Waals surface area contributed by atoms with E-state index in [1.54, 1.807) is 19.1 Å². The molecule has 206 valence electrons. The number of nitrogens with two attached hydrogens (primary N) is 1. The van der Waals surface area contributed by atoms with Crippen molar-refractivity contribution in [1.82, 2.24) is 9.73 Å². The number of guanidine groups is 1. The highest BCUT2D eigenvalue weighted by Gasteiger charge is 2.33. The van der Waals surface area contributed by atoms with Crippen LogP contribution >= 0.6 is 23.2 Å². The minimum atomic E-state index is -4.08. The number of hydrogen-bond donors (Lipinski definition) is 2. The first-order chi connectivity index (χ1) is 18.4. The van der Waals surface area contributed by atoms with Crippen LogP contribution in [0, 0.1) is 5.92 Å². The molecule has 0 aliphatic carbocycles. The van der Waals surface area contributed by atoms with Gasteiger partial charge in [-0.1, -0.05) is 72.6 Å². The van der Waals surface area contributed by atoms with Crippen molar-refractivity contribution in [3.05, 3.63) is 100 Å². The van der Waals surface area contributed by atoms with Crippen LogP contribution in [0.3, 0.4) is 0 Å². The molecule has 0 bridgehead atoms. The van der Waals surface area contributed by atoms with Crippen molar-refractivity contribution in [3.8, 4) is 0 Å². The number of rotatable bonds is 8. The molecule has 1 heterocycles. The van der Waals surface area contributed by atoms with Crippen LogP contribution in [0.25, 0.3) is 0 Å². The summed E-state index contributed by atoms with van der Waals surface area (Å²) in [6, 6.07) is 22.6. The Morgan fingerprint density at radius 3 is 2.18 bits per heavy atom. The van der Waals surface area contributed by atoms with Crippen molar-refractivity contribution in [2.24, 2.45) is 21.2 Å². The van der Waals surface area contributed by atoms with Gasteiger partial charge in [0.15, 0.2) is 0 Å². The molecule has 4 rings (SSSR count). The third-order valence-corrected chi connectivity index (χ3v) is 8.80. The van der Waals surface area contributed by atoms with E-state index in [0.29, 0.717) is 15.8 Å². The highest BCUT2D eigenvalue weighted by molar-refractivity contribution is 7.90. The molecule has 1 aliphatic rings. The lowest BCUT2D eigenvalue weighted by Crippen LogP contribution is -2.41. The highest BCUT2D eigenvalue weighted by atomic mass is 35.5. The molecule has 0 unspecified atom stereocenters. The zero-order chi connectivity index (χ0) is 28.2. The van der Waals surface area contributed by atoms with E-state index in [0.717, 1.165) is 11.1 Å². The molecule has 2 atom stereocenters. The predicted octanol–water partition coefficient (Wildman–Crippen LogP) is 4.06. The smallest absolute Gasteiger partial charge is 0.250 e. The van der Waals surface area contributed by atoms with Crippen LogP contribution in [0.5, 0.6) is 0 Å². The van der Waals surface area contributed by atoms with Crippen LogP contribution < -0.4 is 9.86 Å². The molecule has 0 amide bonds. The first kappa shape index (κ1) is 29.0. The fraction of sp³-hybridized carbons (Fsp3) is 0.231. The third kappa shape index (κ3) is 7.80. The number of nitrogens with zero attached hydrogens (tertiary/aromatic N) is 3. The summed E-state index contributed by atoms with van der Waals surface area (Å²) in [5, 5.41) is 12.4. The minimum Gasteiger partial charge on any atom is -0.250 e. The van der Waals surface area contributed by atoms with Gasteiger partial charge in [-0.3, -0.25) is 4.99 Å². The van der Waals surface area contributed by atoms with Gasteiger partial charge in [0.05, 0.1) is 22.9 Å². The van der Waals surface area contributed by atoms with Crippen molar-refractivity contribution in [2.75, 3.05) is 18.8 Å². The lowest BCUT2D eigenvalue weighted by atomic mass is 9.91. The minimum absolute atomic E-state index is 0.00674. The van der Waals surface area contributed by atoms with E-state index in [1.807, 2.05) is 42.5 Å². The zero-order valence-electron chi connectivity index (χ0n) is 20.9. The van der Waals surface area contributed by atoms with E-state index < -0.39 is 26.0 Å². The van der Waals surface area contributed by atoms with E-state index in [2.05, 4.69) is 9.71 Å². The average Bonchev–Trinajstić information content (AvgIpc) is 3.32. The second kappa shape index (κ2) is 12.1. The second-order valence-corrected chi connectivity index (χ2v) is 13.4. The Morgan fingerprint density at radius 1 is 1.00 bits per heavy atom. The summed E-state index contributed by atoms with van der Waals surface area (Å²) < 4.78 is 52.3. The fourth-order valence-corrected chi connectivity index (χ4v) is 6.29. The maximum atomic E-state index is 13.3. The van der Waals surface area contributed by atoms with Crippen LogP contribution in [-0.4, -0.2) is 52.4 Å². The molecular weight excluding hydrogens is 581 g/mol. The fourth-order valence-electron chi connectivity index (χ4n) is 4.11. The molecule has 0 fully saturated rings. The molecule has 0 spiro atoms. The van der Waals surface area contributed by atoms with Crippen molar-refractivity contribution in [2.45, 2.75) is 17.7 Å². The Labute approximate surface area is 238 Å². The highest BCUT2D eigenvalue weighted by Crippen LogP contribution is 2.30. The molecule has 0 aromatic heterocycles. The summed E-state index contributed by atoms with van der Waals surface area (Å²) in [6.07, 6.45) is 0. The lowest BCUT2D eigenvalue weighted by Gasteiger charge is -2.20. The Kier molecular flexibility index (Phi) is 8.97. The van der Waals surface area contributed by atoms with Crippen molar-refractivity contribution in [3.63, 3.8) is 0 Å². The molecule has 0 saturated heterocycles. The Morgan fingerprint density at radius 2 is 1.59 bits per heavy atom. The molecule has 9 nitrogen and oxygen atoms in total. The maximum Gasteiger partial charge on any atom is 0.264 e. The summed E-state index contributed by atoms with van der Waals surface area (Å²) in [5.74, 6) is -1.03. The molecule has 3 aromatic rings. The van der Waals surface area contributed by atoms with Crippen LogP contribution in [-0.2, 0) is 20.0 Å². The van der Waals surface area contributed by atoms with Gasteiger partial charge in [-0.2, -0.15) is 5.10 Å². The molecule has 13 heteroatoms. The number of aliphatic imine (C=N–C) groups is 1. The first-order valence-electron chi connectivity index (χ1n) is 11.9. The number of sulfonamides is 2. The van der Waals surface area contributed by atoms with Gasteiger partial charge in [0.25, 0.3) is 10.0 Å². The summed E-state index contributed by atoms with van der Waals surface area (Å²) in [7, 11) is -7.82. The van der Waals surface area contributed by atoms with E-state index in [4.69, 9.17) is 33.4 Å². The SMILES string of the molecule is C[C@H](CN=C(NS(=O)(=O)c1ccc(Cl)cc1)N1C[C@H](c2ccccc2)C(c2ccc(Cl)cc2)=N1)CS(N)(=O)=O. The largest absolute Gasteiger partial charge is 0.264 e. The predicted molar refractivity (Wildman–Crippen MR) is 155 cm³/mol. The van der Waals surface area contributed by atoms with Gasteiger partial charge in [-0.25, -0.2) is 31.7 Å². The van der Waals surface area contributed by atoms with Crippen molar-refractivity contribution >= 4 is 54.9 Å². The van der Waals surface area contributed by atoms with E-state index >= 15 is 0 Å². The molecule has 3 N–H and O–H groups in total. The molecule has 3 aromatic carbocycles. The molecule has 0 radical (unpaired) electrons. The Balaban J connectivity index is 1.73. The summed E-state index contributed by atoms with van der Waals surface area (Å²) in [5.41, 5.74) is 2.50. The van der Waals surface area contributed by atoms with E-state index in [-0.39, 0.29) is 35.6 Å². The Bertz CT molecular complexity index is 1580. The normalized spacial score (nSPS) is 17.1. The van der Waals surface area contributed by atoms with Gasteiger partial charge < -0.3 is 0 Å². The first-order valence-corrected chi connectivity index (χ1v) is 15.9. The van der Waals surface area contributed by atoms with Gasteiger partial charge in [0.2, 0.25) is 16.0 Å². The number of benzene rings is 3. The van der Waals surface area contributed by atoms with Crippen LogP contribution in [0.1, 0.15) is 24.0 Å². The van der Waals surface area contributed by atoms with Crippen LogP contribution in [0.2, 0.25) is 10.0 Å².